The minimum Gasteiger partial charge on any atom is -0.262 e. The van der Waals surface area contributed by atoms with Gasteiger partial charge in [-0.2, -0.15) is 0 Å². The number of aromatic nitrogens is 4. The molecule has 0 aromatic carbocycles. The molecular formula is C10H11BrN4. The summed E-state index contributed by atoms with van der Waals surface area (Å²) in [5.74, 6) is 0. The van der Waals surface area contributed by atoms with Crippen molar-refractivity contribution in [1.29, 1.82) is 0 Å². The molecule has 2 aromatic heterocycles. The minimum absolute atomic E-state index is 0.216. The zero-order valence-corrected chi connectivity index (χ0v) is 10.1. The number of alkyl halides is 1. The molecule has 2 rings (SSSR count). The molecule has 0 saturated heterocycles. The van der Waals surface area contributed by atoms with Crippen molar-refractivity contribution < 1.29 is 0 Å². The molecule has 4 nitrogen and oxygen atoms in total. The standard InChI is InChI=1S/C10H11BrN4/c1-7-3-9(5-12-4-7)15-10(8(2)11)6-13-14-15/h3-6,8H,1-2H3. The molecule has 5 heteroatoms. The molecule has 0 radical (unpaired) electrons. The fraction of sp³-hybridized carbons (Fsp3) is 0.300. The highest BCUT2D eigenvalue weighted by molar-refractivity contribution is 9.09. The van der Waals surface area contributed by atoms with Gasteiger partial charge >= 0.3 is 0 Å². The van der Waals surface area contributed by atoms with Crippen LogP contribution in [-0.4, -0.2) is 20.0 Å². The monoisotopic (exact) mass is 266 g/mol. The lowest BCUT2D eigenvalue weighted by Gasteiger charge is -2.07. The van der Waals surface area contributed by atoms with E-state index in [1.165, 1.54) is 0 Å². The first kappa shape index (κ1) is 10.3. The molecule has 0 N–H and O–H groups in total. The van der Waals surface area contributed by atoms with Crippen molar-refractivity contribution in [3.8, 4) is 5.69 Å². The third kappa shape index (κ3) is 2.07. The van der Waals surface area contributed by atoms with E-state index in [1.54, 1.807) is 17.1 Å². The highest BCUT2D eigenvalue weighted by atomic mass is 79.9. The summed E-state index contributed by atoms with van der Waals surface area (Å²) in [5.41, 5.74) is 3.06. The van der Waals surface area contributed by atoms with E-state index < -0.39 is 0 Å². The van der Waals surface area contributed by atoms with E-state index in [0.29, 0.717) is 0 Å². The summed E-state index contributed by atoms with van der Waals surface area (Å²) in [4.78, 5) is 4.35. The first-order valence-corrected chi connectivity index (χ1v) is 5.57. The highest BCUT2D eigenvalue weighted by Crippen LogP contribution is 2.22. The zero-order chi connectivity index (χ0) is 10.8. The summed E-state index contributed by atoms with van der Waals surface area (Å²) < 4.78 is 1.79. The Balaban J connectivity index is 2.49. The number of rotatable bonds is 2. The molecule has 0 aliphatic carbocycles. The topological polar surface area (TPSA) is 43.6 Å². The molecule has 0 saturated carbocycles. The average molecular weight is 267 g/mol. The van der Waals surface area contributed by atoms with E-state index in [-0.39, 0.29) is 4.83 Å². The first-order chi connectivity index (χ1) is 7.18. The van der Waals surface area contributed by atoms with Gasteiger partial charge in [-0.15, -0.1) is 5.10 Å². The lowest BCUT2D eigenvalue weighted by atomic mass is 10.3. The quantitative estimate of drug-likeness (QED) is 0.785. The molecule has 1 atom stereocenters. The summed E-state index contributed by atoms with van der Waals surface area (Å²) >= 11 is 3.51. The van der Waals surface area contributed by atoms with E-state index in [9.17, 15) is 0 Å². The Morgan fingerprint density at radius 2 is 2.13 bits per heavy atom. The van der Waals surface area contributed by atoms with Gasteiger partial charge in [0.15, 0.2) is 0 Å². The Kier molecular flexibility index (Phi) is 2.81. The van der Waals surface area contributed by atoms with Gasteiger partial charge in [0.05, 0.1) is 28.6 Å². The van der Waals surface area contributed by atoms with Crippen molar-refractivity contribution in [3.63, 3.8) is 0 Å². The molecule has 2 aromatic rings. The maximum absolute atomic E-state index is 4.14. The van der Waals surface area contributed by atoms with Crippen LogP contribution in [0.15, 0.2) is 24.7 Å². The van der Waals surface area contributed by atoms with Gasteiger partial charge in [0.1, 0.15) is 0 Å². The van der Waals surface area contributed by atoms with Crippen molar-refractivity contribution >= 4 is 15.9 Å². The van der Waals surface area contributed by atoms with E-state index in [4.69, 9.17) is 0 Å². The molecule has 15 heavy (non-hydrogen) atoms. The zero-order valence-electron chi connectivity index (χ0n) is 8.55. The molecule has 0 bridgehead atoms. The molecule has 0 spiro atoms. The Hall–Kier alpha value is -1.23. The third-order valence-corrected chi connectivity index (χ3v) is 2.56. The van der Waals surface area contributed by atoms with Gasteiger partial charge in [0.2, 0.25) is 0 Å². The predicted octanol–water partition coefficient (Wildman–Crippen LogP) is 2.43. The van der Waals surface area contributed by atoms with Crippen LogP contribution in [0.5, 0.6) is 0 Å². The summed E-state index contributed by atoms with van der Waals surface area (Å²) in [6.45, 7) is 4.04. The molecule has 0 aliphatic heterocycles. The third-order valence-electron chi connectivity index (χ3n) is 2.09. The fourth-order valence-corrected chi connectivity index (χ4v) is 1.68. The van der Waals surface area contributed by atoms with Crippen molar-refractivity contribution in [2.24, 2.45) is 0 Å². The second-order valence-electron chi connectivity index (χ2n) is 3.41. The fourth-order valence-electron chi connectivity index (χ4n) is 1.37. The van der Waals surface area contributed by atoms with Crippen LogP contribution in [-0.2, 0) is 0 Å². The van der Waals surface area contributed by atoms with E-state index in [2.05, 4.69) is 31.2 Å². The van der Waals surface area contributed by atoms with E-state index in [0.717, 1.165) is 16.9 Å². The van der Waals surface area contributed by atoms with Crippen LogP contribution in [0.4, 0.5) is 0 Å². The highest BCUT2D eigenvalue weighted by Gasteiger charge is 2.10. The number of halogens is 1. The summed E-state index contributed by atoms with van der Waals surface area (Å²) in [6.07, 6.45) is 5.35. The van der Waals surface area contributed by atoms with Crippen molar-refractivity contribution in [2.75, 3.05) is 0 Å². The SMILES string of the molecule is Cc1cncc(-n2nncc2C(C)Br)c1. The van der Waals surface area contributed by atoms with Gasteiger partial charge in [-0.1, -0.05) is 21.1 Å². The molecule has 78 valence electrons. The second kappa shape index (κ2) is 4.10. The molecule has 2 heterocycles. The van der Waals surface area contributed by atoms with E-state index in [1.807, 2.05) is 26.1 Å². The number of aryl methyl sites for hydroxylation is 1. The number of hydrogen-bond donors (Lipinski definition) is 0. The van der Waals surface area contributed by atoms with Crippen molar-refractivity contribution in [1.82, 2.24) is 20.0 Å². The summed E-state index contributed by atoms with van der Waals surface area (Å²) in [7, 11) is 0. The smallest absolute Gasteiger partial charge is 0.0853 e. The predicted molar refractivity (Wildman–Crippen MR) is 61.2 cm³/mol. The van der Waals surface area contributed by atoms with Gasteiger partial charge in [0.25, 0.3) is 0 Å². The lowest BCUT2D eigenvalue weighted by Crippen LogP contribution is -2.03. The normalized spacial score (nSPS) is 12.7. The maximum atomic E-state index is 4.14. The molecule has 0 aliphatic rings. The number of hydrogen-bond acceptors (Lipinski definition) is 3. The Bertz CT molecular complexity index is 464. The van der Waals surface area contributed by atoms with Gasteiger partial charge in [-0.25, -0.2) is 4.68 Å². The largest absolute Gasteiger partial charge is 0.262 e. The Morgan fingerprint density at radius 1 is 1.33 bits per heavy atom. The number of nitrogens with zero attached hydrogens (tertiary/aromatic N) is 4. The molecule has 0 fully saturated rings. The Labute approximate surface area is 96.5 Å². The summed E-state index contributed by atoms with van der Waals surface area (Å²) in [6, 6.07) is 2.03. The van der Waals surface area contributed by atoms with Crippen LogP contribution in [0.1, 0.15) is 23.0 Å². The maximum Gasteiger partial charge on any atom is 0.0853 e. The van der Waals surface area contributed by atoms with Gasteiger partial charge < -0.3 is 0 Å². The van der Waals surface area contributed by atoms with Gasteiger partial charge in [-0.3, -0.25) is 4.98 Å². The van der Waals surface area contributed by atoms with Crippen LogP contribution >= 0.6 is 15.9 Å². The van der Waals surface area contributed by atoms with Crippen molar-refractivity contribution in [2.45, 2.75) is 18.7 Å². The van der Waals surface area contributed by atoms with Crippen LogP contribution in [0.2, 0.25) is 0 Å². The lowest BCUT2D eigenvalue weighted by molar-refractivity contribution is 0.761. The average Bonchev–Trinajstić information content (AvgIpc) is 2.65. The minimum atomic E-state index is 0.216. The van der Waals surface area contributed by atoms with Gasteiger partial charge in [0, 0.05) is 6.20 Å². The second-order valence-corrected chi connectivity index (χ2v) is 4.78. The van der Waals surface area contributed by atoms with Crippen LogP contribution < -0.4 is 0 Å². The molecule has 0 amide bonds. The van der Waals surface area contributed by atoms with Crippen LogP contribution in [0.3, 0.4) is 0 Å². The summed E-state index contributed by atoms with van der Waals surface area (Å²) in [5, 5.41) is 7.95. The van der Waals surface area contributed by atoms with E-state index >= 15 is 0 Å². The van der Waals surface area contributed by atoms with Gasteiger partial charge in [-0.05, 0) is 25.5 Å². The molecular weight excluding hydrogens is 256 g/mol. The number of pyridine rings is 1. The first-order valence-electron chi connectivity index (χ1n) is 4.65. The molecule has 1 unspecified atom stereocenters. The Morgan fingerprint density at radius 3 is 2.80 bits per heavy atom. The van der Waals surface area contributed by atoms with Crippen LogP contribution in [0.25, 0.3) is 5.69 Å². The van der Waals surface area contributed by atoms with Crippen LogP contribution in [0, 0.1) is 6.92 Å². The van der Waals surface area contributed by atoms with Crippen molar-refractivity contribution in [3.05, 3.63) is 35.9 Å².